The van der Waals surface area contributed by atoms with Crippen LogP contribution in [0.5, 0.6) is 5.75 Å². The molecule has 0 aromatic heterocycles. The predicted octanol–water partition coefficient (Wildman–Crippen LogP) is 2.37. The summed E-state index contributed by atoms with van der Waals surface area (Å²) in [5.41, 5.74) is 1.35. The zero-order valence-electron chi connectivity index (χ0n) is 12.6. The van der Waals surface area contributed by atoms with Crippen LogP contribution in [-0.2, 0) is 16.0 Å². The Morgan fingerprint density at radius 1 is 1.25 bits per heavy atom. The second-order valence-corrected chi connectivity index (χ2v) is 6.13. The Labute approximate surface area is 121 Å². The second kappa shape index (κ2) is 7.07. The molecule has 2 rings (SSSR count). The molecule has 0 unspecified atom stereocenters. The van der Waals surface area contributed by atoms with Gasteiger partial charge >= 0.3 is 0 Å². The predicted molar refractivity (Wildman–Crippen MR) is 79.1 cm³/mol. The van der Waals surface area contributed by atoms with Gasteiger partial charge in [-0.25, -0.2) is 0 Å². The monoisotopic (exact) mass is 279 g/mol. The zero-order chi connectivity index (χ0) is 14.4. The fourth-order valence-electron chi connectivity index (χ4n) is 1.80. The Morgan fingerprint density at radius 3 is 2.70 bits per heavy atom. The van der Waals surface area contributed by atoms with Crippen LogP contribution < -0.4 is 10.1 Å². The van der Waals surface area contributed by atoms with Crippen molar-refractivity contribution in [2.75, 3.05) is 26.4 Å². The van der Waals surface area contributed by atoms with Gasteiger partial charge in [0.25, 0.3) is 0 Å². The summed E-state index contributed by atoms with van der Waals surface area (Å²) in [4.78, 5) is 0. The molecule has 0 bridgehead atoms. The number of hydrogen-bond donors (Lipinski definition) is 1. The van der Waals surface area contributed by atoms with Crippen LogP contribution in [0.25, 0.3) is 0 Å². The van der Waals surface area contributed by atoms with Gasteiger partial charge in [0.2, 0.25) is 0 Å². The zero-order valence-corrected chi connectivity index (χ0v) is 12.6. The number of benzene rings is 1. The van der Waals surface area contributed by atoms with E-state index >= 15 is 0 Å². The van der Waals surface area contributed by atoms with Crippen molar-refractivity contribution < 1.29 is 14.2 Å². The molecule has 1 heterocycles. The summed E-state index contributed by atoms with van der Waals surface area (Å²) in [6, 6.07) is 8.18. The highest BCUT2D eigenvalue weighted by Gasteiger charge is 2.18. The molecule has 1 fully saturated rings. The lowest BCUT2D eigenvalue weighted by molar-refractivity contribution is -0.132. The maximum Gasteiger partial charge on any atom is 0.119 e. The van der Waals surface area contributed by atoms with E-state index in [1.807, 2.05) is 12.1 Å². The SMILES string of the molecule is CC(C)(C)NCc1cccc(OCCOC2COC2)c1. The average molecular weight is 279 g/mol. The number of nitrogens with one attached hydrogen (secondary N) is 1. The molecule has 1 N–H and O–H groups in total. The molecule has 0 amide bonds. The minimum Gasteiger partial charge on any atom is -0.491 e. The third-order valence-electron chi connectivity index (χ3n) is 3.03. The van der Waals surface area contributed by atoms with Crippen LogP contribution in [0.2, 0.25) is 0 Å². The van der Waals surface area contributed by atoms with Crippen molar-refractivity contribution >= 4 is 0 Å². The molecule has 4 heteroatoms. The summed E-state index contributed by atoms with van der Waals surface area (Å²) in [6.45, 7) is 9.95. The van der Waals surface area contributed by atoms with Gasteiger partial charge in [0.1, 0.15) is 18.5 Å². The summed E-state index contributed by atoms with van der Waals surface area (Å²) in [7, 11) is 0. The van der Waals surface area contributed by atoms with Gasteiger partial charge in [-0.3, -0.25) is 0 Å². The van der Waals surface area contributed by atoms with Gasteiger partial charge < -0.3 is 19.5 Å². The van der Waals surface area contributed by atoms with Gasteiger partial charge in [-0.2, -0.15) is 0 Å². The van der Waals surface area contributed by atoms with Gasteiger partial charge in [-0.05, 0) is 38.5 Å². The van der Waals surface area contributed by atoms with Crippen molar-refractivity contribution in [2.24, 2.45) is 0 Å². The van der Waals surface area contributed by atoms with E-state index in [0.717, 1.165) is 12.3 Å². The van der Waals surface area contributed by atoms with E-state index in [4.69, 9.17) is 14.2 Å². The van der Waals surface area contributed by atoms with Crippen LogP contribution in [0.15, 0.2) is 24.3 Å². The third-order valence-corrected chi connectivity index (χ3v) is 3.03. The van der Waals surface area contributed by atoms with E-state index in [9.17, 15) is 0 Å². The summed E-state index contributed by atoms with van der Waals surface area (Å²) < 4.78 is 16.3. The summed E-state index contributed by atoms with van der Waals surface area (Å²) in [5, 5.41) is 3.47. The van der Waals surface area contributed by atoms with E-state index in [-0.39, 0.29) is 11.6 Å². The Bertz CT molecular complexity index is 410. The molecule has 0 radical (unpaired) electrons. The topological polar surface area (TPSA) is 39.7 Å². The van der Waals surface area contributed by atoms with Gasteiger partial charge in [-0.1, -0.05) is 12.1 Å². The van der Waals surface area contributed by atoms with E-state index in [1.54, 1.807) is 0 Å². The molecule has 1 aromatic carbocycles. The van der Waals surface area contributed by atoms with Crippen molar-refractivity contribution in [3.8, 4) is 5.75 Å². The molecule has 112 valence electrons. The third kappa shape index (κ3) is 5.49. The Morgan fingerprint density at radius 2 is 2.05 bits per heavy atom. The molecule has 0 atom stereocenters. The lowest BCUT2D eigenvalue weighted by atomic mass is 10.1. The smallest absolute Gasteiger partial charge is 0.119 e. The molecular weight excluding hydrogens is 254 g/mol. The van der Waals surface area contributed by atoms with Crippen molar-refractivity contribution in [1.29, 1.82) is 0 Å². The van der Waals surface area contributed by atoms with E-state index in [1.165, 1.54) is 5.56 Å². The maximum atomic E-state index is 5.70. The summed E-state index contributed by atoms with van der Waals surface area (Å²) >= 11 is 0. The Kier molecular flexibility index (Phi) is 5.40. The number of hydrogen-bond acceptors (Lipinski definition) is 4. The van der Waals surface area contributed by atoms with Crippen molar-refractivity contribution in [2.45, 2.75) is 39.0 Å². The second-order valence-electron chi connectivity index (χ2n) is 6.13. The Balaban J connectivity index is 1.71. The molecule has 1 aliphatic rings. The van der Waals surface area contributed by atoms with Gasteiger partial charge in [0.15, 0.2) is 0 Å². The minimum absolute atomic E-state index is 0.121. The minimum atomic E-state index is 0.121. The Hall–Kier alpha value is -1.10. The largest absolute Gasteiger partial charge is 0.491 e. The quantitative estimate of drug-likeness (QED) is 0.778. The van der Waals surface area contributed by atoms with Gasteiger partial charge in [0.05, 0.1) is 19.8 Å². The van der Waals surface area contributed by atoms with Crippen LogP contribution in [0.3, 0.4) is 0 Å². The highest BCUT2D eigenvalue weighted by molar-refractivity contribution is 5.28. The van der Waals surface area contributed by atoms with Crippen molar-refractivity contribution in [3.63, 3.8) is 0 Å². The summed E-state index contributed by atoms with van der Waals surface area (Å²) in [6.07, 6.45) is 0.265. The van der Waals surface area contributed by atoms with Gasteiger partial charge in [-0.15, -0.1) is 0 Å². The standard InChI is InChI=1S/C16H25NO3/c1-16(2,3)17-10-13-5-4-6-14(9-13)19-7-8-20-15-11-18-12-15/h4-6,9,15,17H,7-8,10-12H2,1-3H3. The van der Waals surface area contributed by atoms with Crippen molar-refractivity contribution in [3.05, 3.63) is 29.8 Å². The molecule has 0 aliphatic carbocycles. The van der Waals surface area contributed by atoms with E-state index in [0.29, 0.717) is 26.4 Å². The average Bonchev–Trinajstić information content (AvgIpc) is 2.34. The molecule has 1 aromatic rings. The molecule has 1 aliphatic heterocycles. The number of rotatable bonds is 7. The van der Waals surface area contributed by atoms with Crippen LogP contribution in [0, 0.1) is 0 Å². The summed E-state index contributed by atoms with van der Waals surface area (Å²) in [5.74, 6) is 0.895. The molecule has 1 saturated heterocycles. The maximum absolute atomic E-state index is 5.70. The first kappa shape index (κ1) is 15.3. The fraction of sp³-hybridized carbons (Fsp3) is 0.625. The lowest BCUT2D eigenvalue weighted by Crippen LogP contribution is -2.37. The number of ether oxygens (including phenoxy) is 3. The highest BCUT2D eigenvalue weighted by atomic mass is 16.6. The normalized spacial score (nSPS) is 15.9. The van der Waals surface area contributed by atoms with Crippen LogP contribution in [-0.4, -0.2) is 38.1 Å². The van der Waals surface area contributed by atoms with Crippen molar-refractivity contribution in [1.82, 2.24) is 5.32 Å². The highest BCUT2D eigenvalue weighted by Crippen LogP contribution is 2.14. The first-order valence-corrected chi connectivity index (χ1v) is 7.19. The van der Waals surface area contributed by atoms with E-state index < -0.39 is 0 Å². The molecule has 20 heavy (non-hydrogen) atoms. The van der Waals surface area contributed by atoms with Gasteiger partial charge in [0, 0.05) is 12.1 Å². The molecule has 4 nitrogen and oxygen atoms in total. The first-order chi connectivity index (χ1) is 9.53. The van der Waals surface area contributed by atoms with Crippen LogP contribution in [0.1, 0.15) is 26.3 Å². The lowest BCUT2D eigenvalue weighted by Gasteiger charge is -2.25. The molecule has 0 spiro atoms. The molecular formula is C16H25NO3. The fourth-order valence-corrected chi connectivity index (χ4v) is 1.80. The van der Waals surface area contributed by atoms with Crippen LogP contribution >= 0.6 is 0 Å². The first-order valence-electron chi connectivity index (χ1n) is 7.19. The molecule has 0 saturated carbocycles. The van der Waals surface area contributed by atoms with E-state index in [2.05, 4.69) is 38.2 Å². The van der Waals surface area contributed by atoms with Crippen LogP contribution in [0.4, 0.5) is 0 Å².